The number of thiophene rings is 1. The molecule has 3 aromatic rings. The lowest BCUT2D eigenvalue weighted by molar-refractivity contribution is 0.0222. The van der Waals surface area contributed by atoms with Gasteiger partial charge in [0.1, 0.15) is 5.60 Å². The SMILES string of the molecule is O=S(=O)(NC[C@](O)(c1cccs1)C1CC1)c1cccc2ccccc12. The maximum Gasteiger partial charge on any atom is 0.241 e. The van der Waals surface area contributed by atoms with Crippen LogP contribution in [0.2, 0.25) is 0 Å². The summed E-state index contributed by atoms with van der Waals surface area (Å²) >= 11 is 1.46. The zero-order valence-electron chi connectivity index (χ0n) is 13.6. The summed E-state index contributed by atoms with van der Waals surface area (Å²) in [6, 6.07) is 16.4. The highest BCUT2D eigenvalue weighted by Gasteiger charge is 2.46. The fourth-order valence-corrected chi connectivity index (χ4v) is 5.43. The van der Waals surface area contributed by atoms with E-state index in [1.807, 2.05) is 41.8 Å². The second kappa shape index (κ2) is 6.21. The summed E-state index contributed by atoms with van der Waals surface area (Å²) in [6.07, 6.45) is 1.84. The Labute approximate surface area is 151 Å². The van der Waals surface area contributed by atoms with Crippen molar-refractivity contribution in [2.45, 2.75) is 23.3 Å². The van der Waals surface area contributed by atoms with Gasteiger partial charge in [-0.25, -0.2) is 13.1 Å². The minimum Gasteiger partial charge on any atom is -0.383 e. The van der Waals surface area contributed by atoms with Crippen LogP contribution in [0.15, 0.2) is 64.9 Å². The van der Waals surface area contributed by atoms with Crippen LogP contribution in [0.5, 0.6) is 0 Å². The number of hydrogen-bond acceptors (Lipinski definition) is 4. The molecule has 130 valence electrons. The minimum absolute atomic E-state index is 0.0102. The van der Waals surface area contributed by atoms with Gasteiger partial charge in [0.15, 0.2) is 0 Å². The first kappa shape index (κ1) is 16.7. The van der Waals surface area contributed by atoms with Gasteiger partial charge in [0.05, 0.1) is 4.90 Å². The Kier molecular flexibility index (Phi) is 4.16. The third-order valence-corrected chi connectivity index (χ3v) is 7.27. The van der Waals surface area contributed by atoms with Crippen molar-refractivity contribution in [2.24, 2.45) is 5.92 Å². The predicted octanol–water partition coefficient (Wildman–Crippen LogP) is 3.48. The van der Waals surface area contributed by atoms with Gasteiger partial charge in [0.25, 0.3) is 0 Å². The van der Waals surface area contributed by atoms with Crippen LogP contribution >= 0.6 is 11.3 Å². The number of benzene rings is 2. The lowest BCUT2D eigenvalue weighted by atomic mass is 9.96. The molecule has 0 aliphatic heterocycles. The molecular weight excluding hydrogens is 354 g/mol. The van der Waals surface area contributed by atoms with E-state index in [0.717, 1.165) is 23.1 Å². The Morgan fingerprint density at radius 1 is 1.08 bits per heavy atom. The van der Waals surface area contributed by atoms with Gasteiger partial charge in [-0.3, -0.25) is 0 Å². The summed E-state index contributed by atoms with van der Waals surface area (Å²) < 4.78 is 28.4. The molecule has 0 saturated heterocycles. The summed E-state index contributed by atoms with van der Waals surface area (Å²) in [4.78, 5) is 1.06. The molecule has 2 N–H and O–H groups in total. The molecule has 0 amide bonds. The topological polar surface area (TPSA) is 66.4 Å². The van der Waals surface area contributed by atoms with E-state index in [4.69, 9.17) is 0 Å². The van der Waals surface area contributed by atoms with Gasteiger partial charge in [-0.05, 0) is 41.7 Å². The van der Waals surface area contributed by atoms with Gasteiger partial charge in [0.2, 0.25) is 10.0 Å². The van der Waals surface area contributed by atoms with Crippen molar-refractivity contribution in [3.63, 3.8) is 0 Å². The van der Waals surface area contributed by atoms with E-state index in [1.165, 1.54) is 11.3 Å². The van der Waals surface area contributed by atoms with Crippen molar-refractivity contribution in [3.8, 4) is 0 Å². The van der Waals surface area contributed by atoms with E-state index in [2.05, 4.69) is 4.72 Å². The van der Waals surface area contributed by atoms with Crippen molar-refractivity contribution in [3.05, 3.63) is 64.9 Å². The second-order valence-corrected chi connectivity index (χ2v) is 9.16. The molecule has 0 bridgehead atoms. The van der Waals surface area contributed by atoms with Crippen molar-refractivity contribution in [1.82, 2.24) is 4.72 Å². The lowest BCUT2D eigenvalue weighted by Crippen LogP contribution is -2.42. The molecule has 0 radical (unpaired) electrons. The Bertz CT molecular complexity index is 989. The quantitative estimate of drug-likeness (QED) is 0.695. The Hall–Kier alpha value is -1.73. The molecule has 4 rings (SSSR count). The first-order valence-electron chi connectivity index (χ1n) is 8.24. The predicted molar refractivity (Wildman–Crippen MR) is 100 cm³/mol. The van der Waals surface area contributed by atoms with Crippen LogP contribution in [0.25, 0.3) is 10.8 Å². The molecule has 2 aromatic carbocycles. The molecule has 0 spiro atoms. The van der Waals surface area contributed by atoms with Crippen LogP contribution in [0, 0.1) is 5.92 Å². The van der Waals surface area contributed by atoms with E-state index >= 15 is 0 Å². The highest BCUT2D eigenvalue weighted by atomic mass is 32.2. The van der Waals surface area contributed by atoms with Crippen molar-refractivity contribution < 1.29 is 13.5 Å². The molecule has 1 fully saturated rings. The number of hydrogen-bond donors (Lipinski definition) is 2. The van der Waals surface area contributed by atoms with E-state index in [9.17, 15) is 13.5 Å². The number of rotatable bonds is 6. The molecule has 1 aliphatic carbocycles. The van der Waals surface area contributed by atoms with Gasteiger partial charge in [-0.15, -0.1) is 11.3 Å². The molecule has 1 saturated carbocycles. The maximum atomic E-state index is 12.9. The average Bonchev–Trinajstić information content (AvgIpc) is 3.34. The van der Waals surface area contributed by atoms with Crippen molar-refractivity contribution in [1.29, 1.82) is 0 Å². The van der Waals surface area contributed by atoms with Crippen LogP contribution in [0.3, 0.4) is 0 Å². The van der Waals surface area contributed by atoms with Gasteiger partial charge >= 0.3 is 0 Å². The van der Waals surface area contributed by atoms with Crippen molar-refractivity contribution >= 4 is 32.1 Å². The van der Waals surface area contributed by atoms with E-state index < -0.39 is 15.6 Å². The second-order valence-electron chi connectivity index (χ2n) is 6.48. The fraction of sp³-hybridized carbons (Fsp3) is 0.263. The molecule has 4 nitrogen and oxygen atoms in total. The average molecular weight is 373 g/mol. The normalized spacial score (nSPS) is 17.5. The summed E-state index contributed by atoms with van der Waals surface area (Å²) in [7, 11) is -3.72. The van der Waals surface area contributed by atoms with Crippen LogP contribution in [-0.2, 0) is 15.6 Å². The van der Waals surface area contributed by atoms with Crippen LogP contribution < -0.4 is 4.72 Å². The van der Waals surface area contributed by atoms with Gasteiger partial charge in [-0.1, -0.05) is 42.5 Å². The third-order valence-electron chi connectivity index (χ3n) is 4.77. The third kappa shape index (κ3) is 3.11. The lowest BCUT2D eigenvalue weighted by Gasteiger charge is -2.27. The van der Waals surface area contributed by atoms with Gasteiger partial charge in [-0.2, -0.15) is 0 Å². The van der Waals surface area contributed by atoms with E-state index in [1.54, 1.807) is 18.2 Å². The minimum atomic E-state index is -3.72. The Morgan fingerprint density at radius 2 is 1.84 bits per heavy atom. The van der Waals surface area contributed by atoms with Crippen LogP contribution in [0.1, 0.15) is 17.7 Å². The highest BCUT2D eigenvalue weighted by molar-refractivity contribution is 7.89. The Balaban J connectivity index is 1.65. The molecule has 1 atom stereocenters. The summed E-state index contributed by atoms with van der Waals surface area (Å²) in [6.45, 7) is -0.0102. The highest BCUT2D eigenvalue weighted by Crippen LogP contribution is 2.46. The maximum absolute atomic E-state index is 12.9. The zero-order chi connectivity index (χ0) is 17.5. The first-order valence-corrected chi connectivity index (χ1v) is 10.6. The number of sulfonamides is 1. The van der Waals surface area contributed by atoms with Gasteiger partial charge in [0, 0.05) is 16.8 Å². The van der Waals surface area contributed by atoms with E-state index in [0.29, 0.717) is 5.39 Å². The summed E-state index contributed by atoms with van der Waals surface area (Å²) in [5.74, 6) is 0.112. The van der Waals surface area contributed by atoms with Crippen molar-refractivity contribution in [2.75, 3.05) is 6.54 Å². The Morgan fingerprint density at radius 3 is 2.56 bits per heavy atom. The molecule has 1 heterocycles. The fourth-order valence-electron chi connectivity index (χ4n) is 3.23. The van der Waals surface area contributed by atoms with Crippen LogP contribution in [-0.4, -0.2) is 20.1 Å². The molecule has 0 unspecified atom stereocenters. The van der Waals surface area contributed by atoms with E-state index in [-0.39, 0.29) is 17.4 Å². The number of nitrogens with one attached hydrogen (secondary N) is 1. The molecule has 1 aromatic heterocycles. The largest absolute Gasteiger partial charge is 0.383 e. The molecule has 6 heteroatoms. The summed E-state index contributed by atoms with van der Waals surface area (Å²) in [5.41, 5.74) is -1.13. The summed E-state index contributed by atoms with van der Waals surface area (Å²) in [5, 5.41) is 14.6. The smallest absolute Gasteiger partial charge is 0.241 e. The molecular formula is C19H19NO3S2. The van der Waals surface area contributed by atoms with Gasteiger partial charge < -0.3 is 5.11 Å². The molecule has 1 aliphatic rings. The monoisotopic (exact) mass is 373 g/mol. The number of aliphatic hydroxyl groups is 1. The standard InChI is InChI=1S/C19H19NO3S2/c21-19(15-10-11-15,18-9-4-12-24-18)13-20-25(22,23)17-8-3-6-14-5-1-2-7-16(14)17/h1-9,12,15,20-21H,10-11,13H2/t19-/m1/s1. The van der Waals surface area contributed by atoms with Crippen LogP contribution in [0.4, 0.5) is 0 Å². The molecule has 25 heavy (non-hydrogen) atoms. The first-order chi connectivity index (χ1) is 12.0. The number of fused-ring (bicyclic) bond motifs is 1. The zero-order valence-corrected chi connectivity index (χ0v) is 15.2.